The highest BCUT2D eigenvalue weighted by Gasteiger charge is 2.08. The van der Waals surface area contributed by atoms with Crippen molar-refractivity contribution in [2.24, 2.45) is 11.5 Å². The topological polar surface area (TPSA) is 98.3 Å². The van der Waals surface area contributed by atoms with Crippen LogP contribution in [0, 0.1) is 0 Å². The molecule has 0 bridgehead atoms. The molecular formula is C9H15N3O. The molecule has 0 saturated carbocycles. The van der Waals surface area contributed by atoms with Crippen LogP contribution in [0.4, 0.5) is 5.69 Å². The lowest BCUT2D eigenvalue weighted by atomic mass is 10.0. The van der Waals surface area contributed by atoms with E-state index in [0.717, 1.165) is 11.1 Å². The Labute approximate surface area is 77.3 Å². The van der Waals surface area contributed by atoms with Gasteiger partial charge >= 0.3 is 0 Å². The summed E-state index contributed by atoms with van der Waals surface area (Å²) in [5, 5.41) is 9.04. The van der Waals surface area contributed by atoms with E-state index in [0.29, 0.717) is 12.2 Å². The Morgan fingerprint density at radius 2 is 2.08 bits per heavy atom. The maximum absolute atomic E-state index is 9.04. The monoisotopic (exact) mass is 181 g/mol. The summed E-state index contributed by atoms with van der Waals surface area (Å²) in [5.74, 6) is 0. The fourth-order valence-electron chi connectivity index (χ4n) is 1.25. The fourth-order valence-corrected chi connectivity index (χ4v) is 1.25. The Morgan fingerprint density at radius 1 is 1.38 bits per heavy atom. The molecule has 0 radical (unpaired) electrons. The number of benzene rings is 1. The van der Waals surface area contributed by atoms with Crippen LogP contribution in [-0.2, 0) is 6.61 Å². The first-order chi connectivity index (χ1) is 6.19. The molecule has 0 fully saturated rings. The van der Waals surface area contributed by atoms with Crippen LogP contribution in [0.25, 0.3) is 0 Å². The molecule has 72 valence electrons. The van der Waals surface area contributed by atoms with E-state index in [9.17, 15) is 0 Å². The molecule has 0 aromatic heterocycles. The molecule has 1 aromatic carbocycles. The standard InChI is InChI=1S/C9H15N3O/c10-4-9(12)8-2-1-7(11)3-6(8)5-13/h1-3,9,13H,4-5,10-12H2. The van der Waals surface area contributed by atoms with Crippen LogP contribution in [0.5, 0.6) is 0 Å². The van der Waals surface area contributed by atoms with E-state index < -0.39 is 0 Å². The average Bonchev–Trinajstić information content (AvgIpc) is 2.16. The first-order valence-corrected chi connectivity index (χ1v) is 4.13. The molecule has 7 N–H and O–H groups in total. The number of aliphatic hydroxyl groups is 1. The normalized spacial score (nSPS) is 12.8. The van der Waals surface area contributed by atoms with E-state index in [1.807, 2.05) is 0 Å². The summed E-state index contributed by atoms with van der Waals surface area (Å²) in [7, 11) is 0. The van der Waals surface area contributed by atoms with Crippen LogP contribution in [0.2, 0.25) is 0 Å². The Kier molecular flexibility index (Phi) is 3.25. The lowest BCUT2D eigenvalue weighted by Gasteiger charge is -2.13. The molecule has 0 saturated heterocycles. The summed E-state index contributed by atoms with van der Waals surface area (Å²) in [4.78, 5) is 0. The summed E-state index contributed by atoms with van der Waals surface area (Å²) < 4.78 is 0. The van der Waals surface area contributed by atoms with Gasteiger partial charge in [0.1, 0.15) is 0 Å². The Hall–Kier alpha value is -1.10. The maximum Gasteiger partial charge on any atom is 0.0685 e. The smallest absolute Gasteiger partial charge is 0.0685 e. The van der Waals surface area contributed by atoms with Crippen molar-refractivity contribution in [1.29, 1.82) is 0 Å². The molecule has 0 aliphatic rings. The number of anilines is 1. The van der Waals surface area contributed by atoms with Crippen molar-refractivity contribution in [3.8, 4) is 0 Å². The zero-order chi connectivity index (χ0) is 9.84. The van der Waals surface area contributed by atoms with Crippen LogP contribution in [0.1, 0.15) is 17.2 Å². The van der Waals surface area contributed by atoms with E-state index in [2.05, 4.69) is 0 Å². The first kappa shape index (κ1) is 9.98. The number of hydrogen-bond acceptors (Lipinski definition) is 4. The molecule has 1 aromatic rings. The maximum atomic E-state index is 9.04. The minimum absolute atomic E-state index is 0.0614. The van der Waals surface area contributed by atoms with Gasteiger partial charge in [0.15, 0.2) is 0 Å². The van der Waals surface area contributed by atoms with Crippen LogP contribution in [-0.4, -0.2) is 11.7 Å². The first-order valence-electron chi connectivity index (χ1n) is 4.13. The largest absolute Gasteiger partial charge is 0.399 e. The lowest BCUT2D eigenvalue weighted by molar-refractivity contribution is 0.280. The second kappa shape index (κ2) is 4.23. The van der Waals surface area contributed by atoms with Crippen molar-refractivity contribution < 1.29 is 5.11 Å². The second-order valence-electron chi connectivity index (χ2n) is 2.96. The van der Waals surface area contributed by atoms with Gasteiger partial charge in [0.2, 0.25) is 0 Å². The molecule has 0 amide bonds. The second-order valence-corrected chi connectivity index (χ2v) is 2.96. The van der Waals surface area contributed by atoms with Gasteiger partial charge in [-0.05, 0) is 23.3 Å². The highest BCUT2D eigenvalue weighted by Crippen LogP contribution is 2.18. The predicted molar refractivity (Wildman–Crippen MR) is 52.8 cm³/mol. The third kappa shape index (κ3) is 2.18. The van der Waals surface area contributed by atoms with E-state index >= 15 is 0 Å². The number of nitrogens with two attached hydrogens (primary N) is 3. The van der Waals surface area contributed by atoms with Crippen LogP contribution < -0.4 is 17.2 Å². The van der Waals surface area contributed by atoms with Gasteiger partial charge in [0.25, 0.3) is 0 Å². The highest BCUT2D eigenvalue weighted by atomic mass is 16.3. The quantitative estimate of drug-likeness (QED) is 0.482. The average molecular weight is 181 g/mol. The number of rotatable bonds is 3. The zero-order valence-corrected chi connectivity index (χ0v) is 7.40. The van der Waals surface area contributed by atoms with Gasteiger partial charge in [-0.3, -0.25) is 0 Å². The fraction of sp³-hybridized carbons (Fsp3) is 0.333. The van der Waals surface area contributed by atoms with E-state index in [-0.39, 0.29) is 12.6 Å². The summed E-state index contributed by atoms with van der Waals surface area (Å²) in [5.41, 5.74) is 19.0. The van der Waals surface area contributed by atoms with Gasteiger partial charge in [-0.2, -0.15) is 0 Å². The van der Waals surface area contributed by atoms with Gasteiger partial charge in [0.05, 0.1) is 6.61 Å². The molecule has 1 rings (SSSR count). The SMILES string of the molecule is NCC(N)c1ccc(N)cc1CO. The molecule has 1 atom stereocenters. The molecule has 0 aliphatic heterocycles. The third-order valence-corrected chi connectivity index (χ3v) is 1.99. The Balaban J connectivity index is 3.05. The number of aliphatic hydroxyl groups excluding tert-OH is 1. The summed E-state index contributed by atoms with van der Waals surface area (Å²) in [6.07, 6.45) is 0. The van der Waals surface area contributed by atoms with Crippen LogP contribution >= 0.6 is 0 Å². The van der Waals surface area contributed by atoms with Gasteiger partial charge in [-0.1, -0.05) is 6.07 Å². The Morgan fingerprint density at radius 3 is 2.62 bits per heavy atom. The van der Waals surface area contributed by atoms with Crippen LogP contribution in [0.15, 0.2) is 18.2 Å². The summed E-state index contributed by atoms with van der Waals surface area (Å²) in [6.45, 7) is 0.297. The van der Waals surface area contributed by atoms with Crippen molar-refractivity contribution >= 4 is 5.69 Å². The summed E-state index contributed by atoms with van der Waals surface area (Å²) >= 11 is 0. The van der Waals surface area contributed by atoms with Crippen molar-refractivity contribution in [3.05, 3.63) is 29.3 Å². The zero-order valence-electron chi connectivity index (χ0n) is 7.40. The molecule has 0 aliphatic carbocycles. The van der Waals surface area contributed by atoms with Crippen LogP contribution in [0.3, 0.4) is 0 Å². The molecular weight excluding hydrogens is 166 g/mol. The van der Waals surface area contributed by atoms with Gasteiger partial charge in [-0.15, -0.1) is 0 Å². The highest BCUT2D eigenvalue weighted by molar-refractivity contribution is 5.45. The van der Waals surface area contributed by atoms with Crippen molar-refractivity contribution in [2.45, 2.75) is 12.6 Å². The molecule has 4 nitrogen and oxygen atoms in total. The number of nitrogen functional groups attached to an aromatic ring is 1. The summed E-state index contributed by atoms with van der Waals surface area (Å²) in [6, 6.07) is 5.04. The Bertz CT molecular complexity index is 288. The third-order valence-electron chi connectivity index (χ3n) is 1.99. The van der Waals surface area contributed by atoms with Crippen molar-refractivity contribution in [2.75, 3.05) is 12.3 Å². The van der Waals surface area contributed by atoms with Crippen molar-refractivity contribution in [1.82, 2.24) is 0 Å². The van der Waals surface area contributed by atoms with Gasteiger partial charge < -0.3 is 22.3 Å². The molecule has 4 heteroatoms. The van der Waals surface area contributed by atoms with Crippen molar-refractivity contribution in [3.63, 3.8) is 0 Å². The molecule has 0 spiro atoms. The molecule has 1 unspecified atom stereocenters. The van der Waals surface area contributed by atoms with E-state index in [4.69, 9.17) is 22.3 Å². The van der Waals surface area contributed by atoms with E-state index in [1.54, 1.807) is 18.2 Å². The number of hydrogen-bond donors (Lipinski definition) is 4. The van der Waals surface area contributed by atoms with Gasteiger partial charge in [0, 0.05) is 18.3 Å². The predicted octanol–water partition coefficient (Wildman–Crippen LogP) is -0.280. The van der Waals surface area contributed by atoms with E-state index in [1.165, 1.54) is 0 Å². The van der Waals surface area contributed by atoms with Gasteiger partial charge in [-0.25, -0.2) is 0 Å². The minimum Gasteiger partial charge on any atom is -0.399 e. The minimum atomic E-state index is -0.234. The molecule has 13 heavy (non-hydrogen) atoms. The lowest BCUT2D eigenvalue weighted by Crippen LogP contribution is -2.22. The molecule has 0 heterocycles.